The number of carbonyl (C=O) groups excluding carboxylic acids is 3. The van der Waals surface area contributed by atoms with Crippen LogP contribution in [0.1, 0.15) is 23.6 Å². The average Bonchev–Trinajstić information content (AvgIpc) is 3.32. The summed E-state index contributed by atoms with van der Waals surface area (Å²) < 4.78 is 13.3. The van der Waals surface area contributed by atoms with Crippen LogP contribution in [0.4, 0.5) is 10.1 Å². The van der Waals surface area contributed by atoms with E-state index in [2.05, 4.69) is 10.6 Å². The zero-order valence-electron chi connectivity index (χ0n) is 17.4. The number of imide groups is 1. The molecule has 7 nitrogen and oxygen atoms in total. The number of aliphatic hydroxyl groups is 1. The van der Waals surface area contributed by atoms with Crippen LogP contribution >= 0.6 is 11.6 Å². The molecule has 32 heavy (non-hydrogen) atoms. The molecule has 2 saturated heterocycles. The topological polar surface area (TPSA) is 98.7 Å². The normalized spacial score (nSPS) is 29.5. The number of nitrogens with zero attached hydrogens (tertiary/aromatic N) is 1. The number of likely N-dealkylation sites (tertiary alicyclic amines) is 1. The third-order valence-electron chi connectivity index (χ3n) is 6.79. The van der Waals surface area contributed by atoms with E-state index in [1.54, 1.807) is 19.1 Å². The van der Waals surface area contributed by atoms with Gasteiger partial charge < -0.3 is 10.4 Å². The second-order valence-electron chi connectivity index (χ2n) is 8.71. The number of aliphatic hydroxyl groups excluding tert-OH is 1. The van der Waals surface area contributed by atoms with Gasteiger partial charge in [0.1, 0.15) is 11.4 Å². The zero-order chi connectivity index (χ0) is 22.9. The summed E-state index contributed by atoms with van der Waals surface area (Å²) in [6.45, 7) is 3.27. The smallest absolute Gasteiger partial charge is 0.250 e. The third-order valence-corrected chi connectivity index (χ3v) is 7.00. The van der Waals surface area contributed by atoms with Crippen LogP contribution in [0.25, 0.3) is 0 Å². The average molecular weight is 458 g/mol. The number of rotatable bonds is 3. The van der Waals surface area contributed by atoms with E-state index in [0.717, 1.165) is 10.5 Å². The maximum Gasteiger partial charge on any atom is 0.250 e. The molecule has 1 spiro atoms. The molecule has 5 rings (SSSR count). The zero-order valence-corrected chi connectivity index (χ0v) is 18.1. The standard InChI is InChI=1S/C23H21ClFN3O4/c1-10-7-13(24)8-15-18(10)26-22(32)23(15)17-16(19(27-23)11(2)29)20(30)28(21(17)31)9-12-3-5-14(25)6-4-12/h3-8,11,16-17,19,27,29H,9H2,1-2H3,(H,26,32)/t11-,16+,17+,19+,23+/m1/s1. The first-order valence-electron chi connectivity index (χ1n) is 10.3. The molecule has 3 aliphatic rings. The summed E-state index contributed by atoms with van der Waals surface area (Å²) in [5, 5.41) is 16.8. The summed E-state index contributed by atoms with van der Waals surface area (Å²) in [6, 6.07) is 8.04. The van der Waals surface area contributed by atoms with Crippen molar-refractivity contribution in [1.82, 2.24) is 10.2 Å². The molecule has 2 fully saturated rings. The molecule has 3 aliphatic heterocycles. The van der Waals surface area contributed by atoms with Gasteiger partial charge in [0.15, 0.2) is 0 Å². The largest absolute Gasteiger partial charge is 0.392 e. The predicted octanol–water partition coefficient (Wildman–Crippen LogP) is 2.09. The van der Waals surface area contributed by atoms with E-state index in [9.17, 15) is 23.9 Å². The van der Waals surface area contributed by atoms with Crippen LogP contribution in [0.3, 0.4) is 0 Å². The highest BCUT2D eigenvalue weighted by molar-refractivity contribution is 6.31. The van der Waals surface area contributed by atoms with Crippen molar-refractivity contribution in [1.29, 1.82) is 0 Å². The van der Waals surface area contributed by atoms with Crippen molar-refractivity contribution in [2.24, 2.45) is 11.8 Å². The van der Waals surface area contributed by atoms with Crippen LogP contribution in [0.15, 0.2) is 36.4 Å². The van der Waals surface area contributed by atoms with E-state index in [4.69, 9.17) is 11.6 Å². The summed E-state index contributed by atoms with van der Waals surface area (Å²) in [7, 11) is 0. The van der Waals surface area contributed by atoms with Gasteiger partial charge in [-0.05, 0) is 49.2 Å². The van der Waals surface area contributed by atoms with Crippen molar-refractivity contribution >= 4 is 35.0 Å². The Morgan fingerprint density at radius 1 is 1.19 bits per heavy atom. The lowest BCUT2D eigenvalue weighted by atomic mass is 9.76. The molecule has 0 bridgehead atoms. The number of anilines is 1. The summed E-state index contributed by atoms with van der Waals surface area (Å²) in [5.41, 5.74) is 0.835. The molecule has 3 N–H and O–H groups in total. The van der Waals surface area contributed by atoms with Gasteiger partial charge in [-0.1, -0.05) is 23.7 Å². The van der Waals surface area contributed by atoms with Crippen molar-refractivity contribution in [3.8, 4) is 0 Å². The number of halogens is 2. The number of hydrogen-bond donors (Lipinski definition) is 3. The van der Waals surface area contributed by atoms with Gasteiger partial charge in [0, 0.05) is 22.3 Å². The van der Waals surface area contributed by atoms with Gasteiger partial charge in [-0.15, -0.1) is 0 Å². The molecule has 3 amide bonds. The van der Waals surface area contributed by atoms with E-state index in [-0.39, 0.29) is 6.54 Å². The van der Waals surface area contributed by atoms with Crippen LogP contribution in [0, 0.1) is 24.6 Å². The Bertz CT molecular complexity index is 1170. The van der Waals surface area contributed by atoms with Crippen LogP contribution < -0.4 is 10.6 Å². The van der Waals surface area contributed by atoms with Gasteiger partial charge in [0.25, 0.3) is 0 Å². The first-order valence-corrected chi connectivity index (χ1v) is 10.7. The molecule has 2 aromatic rings. The van der Waals surface area contributed by atoms with E-state index in [1.807, 2.05) is 0 Å². The fraction of sp³-hybridized carbons (Fsp3) is 0.348. The lowest BCUT2D eigenvalue weighted by Gasteiger charge is -2.30. The summed E-state index contributed by atoms with van der Waals surface area (Å²) in [4.78, 5) is 41.5. The molecular weight excluding hydrogens is 437 g/mol. The van der Waals surface area contributed by atoms with Gasteiger partial charge in [0.2, 0.25) is 17.7 Å². The summed E-state index contributed by atoms with van der Waals surface area (Å²) >= 11 is 6.28. The molecule has 5 atom stereocenters. The molecule has 3 heterocycles. The number of amides is 3. The maximum atomic E-state index is 13.6. The second kappa shape index (κ2) is 7.10. The Hall–Kier alpha value is -2.81. The van der Waals surface area contributed by atoms with E-state index in [0.29, 0.717) is 21.8 Å². The van der Waals surface area contributed by atoms with Crippen molar-refractivity contribution in [3.63, 3.8) is 0 Å². The quantitative estimate of drug-likeness (QED) is 0.613. The number of nitrogens with one attached hydrogen (secondary N) is 2. The van der Waals surface area contributed by atoms with Crippen molar-refractivity contribution in [2.45, 2.75) is 38.1 Å². The molecule has 0 radical (unpaired) electrons. The number of hydrogen-bond acceptors (Lipinski definition) is 5. The number of carbonyl (C=O) groups is 3. The third kappa shape index (κ3) is 2.76. The summed E-state index contributed by atoms with van der Waals surface area (Å²) in [5.74, 6) is -3.84. The Kier molecular flexibility index (Phi) is 4.67. The van der Waals surface area contributed by atoms with Crippen LogP contribution in [0.2, 0.25) is 5.02 Å². The Morgan fingerprint density at radius 2 is 1.88 bits per heavy atom. The second-order valence-corrected chi connectivity index (χ2v) is 9.15. The Labute approximate surface area is 188 Å². The number of aryl methyl sites for hydroxylation is 1. The van der Waals surface area contributed by atoms with Crippen LogP contribution in [0.5, 0.6) is 0 Å². The molecule has 9 heteroatoms. The van der Waals surface area contributed by atoms with Crippen molar-refractivity contribution in [3.05, 3.63) is 63.9 Å². The first-order chi connectivity index (χ1) is 15.1. The monoisotopic (exact) mass is 457 g/mol. The minimum Gasteiger partial charge on any atom is -0.392 e. The van der Waals surface area contributed by atoms with E-state index in [1.165, 1.54) is 31.2 Å². The molecular formula is C23H21ClFN3O4. The van der Waals surface area contributed by atoms with Gasteiger partial charge in [-0.25, -0.2) is 4.39 Å². The van der Waals surface area contributed by atoms with Gasteiger partial charge in [-0.2, -0.15) is 0 Å². The number of benzene rings is 2. The fourth-order valence-corrected chi connectivity index (χ4v) is 5.64. The fourth-order valence-electron chi connectivity index (χ4n) is 5.37. The Morgan fingerprint density at radius 3 is 2.53 bits per heavy atom. The van der Waals surface area contributed by atoms with Crippen LogP contribution in [-0.4, -0.2) is 39.9 Å². The maximum absolute atomic E-state index is 13.6. The molecule has 0 aliphatic carbocycles. The van der Waals surface area contributed by atoms with Crippen molar-refractivity contribution in [2.75, 3.05) is 5.32 Å². The lowest BCUT2D eigenvalue weighted by Crippen LogP contribution is -2.54. The minimum atomic E-state index is -1.53. The summed E-state index contributed by atoms with van der Waals surface area (Å²) in [6.07, 6.45) is -0.999. The molecule has 0 aromatic heterocycles. The highest BCUT2D eigenvalue weighted by Crippen LogP contribution is 2.54. The molecule has 166 valence electrons. The van der Waals surface area contributed by atoms with Gasteiger partial charge in [0.05, 0.1) is 24.5 Å². The highest BCUT2D eigenvalue weighted by atomic mass is 35.5. The number of fused-ring (bicyclic) bond motifs is 4. The SMILES string of the molecule is Cc1cc(Cl)cc2c1NC(=O)[C@]21N[C@@H]([C@@H](C)O)[C@H]2C(=O)N(Cc3ccc(F)cc3)C(=O)[C@H]21. The lowest BCUT2D eigenvalue weighted by molar-refractivity contribution is -0.143. The van der Waals surface area contributed by atoms with Crippen molar-refractivity contribution < 1.29 is 23.9 Å². The highest BCUT2D eigenvalue weighted by Gasteiger charge is 2.71. The molecule has 0 saturated carbocycles. The van der Waals surface area contributed by atoms with E-state index < -0.39 is 53.1 Å². The molecule has 0 unspecified atom stereocenters. The minimum absolute atomic E-state index is 0.0450. The Balaban J connectivity index is 1.63. The molecule has 2 aromatic carbocycles. The first kappa shape index (κ1) is 21.1. The van der Waals surface area contributed by atoms with E-state index >= 15 is 0 Å². The van der Waals surface area contributed by atoms with Gasteiger partial charge in [-0.3, -0.25) is 24.6 Å². The van der Waals surface area contributed by atoms with Crippen LogP contribution in [-0.2, 0) is 26.5 Å². The predicted molar refractivity (Wildman–Crippen MR) is 114 cm³/mol. The van der Waals surface area contributed by atoms with Gasteiger partial charge >= 0.3 is 0 Å².